The SMILES string of the molecule is COc1cc(CC(=O)Nc2sccc2C(=O)O)ccc1C. The molecular weight excluding hydrogens is 290 g/mol. The lowest BCUT2D eigenvalue weighted by Gasteiger charge is -2.08. The quantitative estimate of drug-likeness (QED) is 0.890. The van der Waals surface area contributed by atoms with Gasteiger partial charge in [-0.15, -0.1) is 11.3 Å². The van der Waals surface area contributed by atoms with Crippen LogP contribution in [0.1, 0.15) is 21.5 Å². The van der Waals surface area contributed by atoms with Gasteiger partial charge in [0, 0.05) is 0 Å². The minimum atomic E-state index is -1.05. The van der Waals surface area contributed by atoms with Crippen molar-refractivity contribution in [1.29, 1.82) is 0 Å². The summed E-state index contributed by atoms with van der Waals surface area (Å²) in [6.45, 7) is 1.92. The highest BCUT2D eigenvalue weighted by atomic mass is 32.1. The fourth-order valence-electron chi connectivity index (χ4n) is 1.91. The molecule has 1 aromatic heterocycles. The number of carbonyl (C=O) groups excluding carboxylic acids is 1. The summed E-state index contributed by atoms with van der Waals surface area (Å²) in [5.41, 5.74) is 1.91. The first-order chi connectivity index (χ1) is 10.0. The van der Waals surface area contributed by atoms with Crippen LogP contribution in [-0.2, 0) is 11.2 Å². The topological polar surface area (TPSA) is 75.6 Å². The average Bonchev–Trinajstić information content (AvgIpc) is 2.89. The van der Waals surface area contributed by atoms with Crippen molar-refractivity contribution >= 4 is 28.2 Å². The van der Waals surface area contributed by atoms with Gasteiger partial charge in [-0.2, -0.15) is 0 Å². The van der Waals surface area contributed by atoms with Crippen LogP contribution >= 0.6 is 11.3 Å². The molecule has 21 heavy (non-hydrogen) atoms. The second-order valence-electron chi connectivity index (χ2n) is 4.50. The highest BCUT2D eigenvalue weighted by Crippen LogP contribution is 2.24. The predicted octanol–water partition coefficient (Wildman–Crippen LogP) is 2.94. The van der Waals surface area contributed by atoms with E-state index in [1.165, 1.54) is 17.4 Å². The molecule has 1 amide bonds. The Labute approximate surface area is 126 Å². The Morgan fingerprint density at radius 1 is 1.33 bits per heavy atom. The number of nitrogens with one attached hydrogen (secondary N) is 1. The first-order valence-electron chi connectivity index (χ1n) is 6.25. The number of rotatable bonds is 5. The molecule has 0 unspecified atom stereocenters. The summed E-state index contributed by atoms with van der Waals surface area (Å²) in [6.07, 6.45) is 0.160. The van der Waals surface area contributed by atoms with Crippen LogP contribution in [0.5, 0.6) is 5.75 Å². The van der Waals surface area contributed by atoms with E-state index in [4.69, 9.17) is 9.84 Å². The van der Waals surface area contributed by atoms with Crippen LogP contribution in [0.3, 0.4) is 0 Å². The van der Waals surface area contributed by atoms with Gasteiger partial charge in [0.15, 0.2) is 0 Å². The molecule has 0 saturated carbocycles. The second-order valence-corrected chi connectivity index (χ2v) is 5.41. The summed E-state index contributed by atoms with van der Waals surface area (Å²) in [5, 5.41) is 13.6. The number of anilines is 1. The molecule has 0 fully saturated rings. The smallest absolute Gasteiger partial charge is 0.338 e. The molecule has 0 aliphatic rings. The van der Waals surface area contributed by atoms with Crippen molar-refractivity contribution in [2.75, 3.05) is 12.4 Å². The number of hydrogen-bond donors (Lipinski definition) is 2. The fourth-order valence-corrected chi connectivity index (χ4v) is 2.70. The lowest BCUT2D eigenvalue weighted by molar-refractivity contribution is -0.115. The molecule has 6 heteroatoms. The molecular formula is C15H15NO4S. The lowest BCUT2D eigenvalue weighted by atomic mass is 10.1. The van der Waals surface area contributed by atoms with Gasteiger partial charge in [-0.05, 0) is 35.6 Å². The highest BCUT2D eigenvalue weighted by Gasteiger charge is 2.14. The summed E-state index contributed by atoms with van der Waals surface area (Å²) >= 11 is 1.19. The molecule has 2 N–H and O–H groups in total. The van der Waals surface area contributed by atoms with E-state index < -0.39 is 5.97 Å². The molecule has 0 saturated heterocycles. The molecule has 2 aromatic rings. The van der Waals surface area contributed by atoms with Gasteiger partial charge in [-0.1, -0.05) is 12.1 Å². The number of aryl methyl sites for hydroxylation is 1. The van der Waals surface area contributed by atoms with Gasteiger partial charge in [0.25, 0.3) is 0 Å². The van der Waals surface area contributed by atoms with Gasteiger partial charge in [-0.3, -0.25) is 4.79 Å². The van der Waals surface area contributed by atoms with Gasteiger partial charge in [0.2, 0.25) is 5.91 Å². The Kier molecular flexibility index (Phi) is 4.59. The highest BCUT2D eigenvalue weighted by molar-refractivity contribution is 7.14. The van der Waals surface area contributed by atoms with Gasteiger partial charge in [0.05, 0.1) is 19.1 Å². The summed E-state index contributed by atoms with van der Waals surface area (Å²) in [5.74, 6) is -0.586. The minimum Gasteiger partial charge on any atom is -0.496 e. The number of hydrogen-bond acceptors (Lipinski definition) is 4. The largest absolute Gasteiger partial charge is 0.496 e. The zero-order chi connectivity index (χ0) is 15.4. The van der Waals surface area contributed by atoms with Crippen LogP contribution in [0, 0.1) is 6.92 Å². The number of amides is 1. The van der Waals surface area contributed by atoms with Crippen molar-refractivity contribution in [3.05, 3.63) is 46.3 Å². The van der Waals surface area contributed by atoms with E-state index in [9.17, 15) is 9.59 Å². The molecule has 1 aromatic carbocycles. The van der Waals surface area contributed by atoms with Gasteiger partial charge in [0.1, 0.15) is 10.8 Å². The van der Waals surface area contributed by atoms with Crippen molar-refractivity contribution in [1.82, 2.24) is 0 Å². The molecule has 0 radical (unpaired) electrons. The maximum atomic E-state index is 12.0. The first kappa shape index (κ1) is 15.1. The standard InChI is InChI=1S/C15H15NO4S/c1-9-3-4-10(7-12(9)20-2)8-13(17)16-14-11(15(18)19)5-6-21-14/h3-7H,8H2,1-2H3,(H,16,17)(H,18,19). The van der Waals surface area contributed by atoms with Gasteiger partial charge in [-0.25, -0.2) is 4.79 Å². The third kappa shape index (κ3) is 3.61. The zero-order valence-corrected chi connectivity index (χ0v) is 12.5. The number of benzene rings is 1. The van der Waals surface area contributed by atoms with Crippen LogP contribution in [0.25, 0.3) is 0 Å². The number of aromatic carboxylic acids is 1. The van der Waals surface area contributed by atoms with E-state index in [0.717, 1.165) is 16.9 Å². The Bertz CT molecular complexity index is 678. The van der Waals surface area contributed by atoms with Crippen LogP contribution < -0.4 is 10.1 Å². The van der Waals surface area contributed by atoms with Crippen LogP contribution in [0.4, 0.5) is 5.00 Å². The monoisotopic (exact) mass is 305 g/mol. The van der Waals surface area contributed by atoms with Crippen LogP contribution in [0.15, 0.2) is 29.6 Å². The Morgan fingerprint density at radius 3 is 2.76 bits per heavy atom. The Balaban J connectivity index is 2.08. The minimum absolute atomic E-state index is 0.106. The fraction of sp³-hybridized carbons (Fsp3) is 0.200. The normalized spacial score (nSPS) is 10.2. The summed E-state index contributed by atoms with van der Waals surface area (Å²) in [6, 6.07) is 7.01. The van der Waals surface area contributed by atoms with Crippen molar-refractivity contribution in [3.63, 3.8) is 0 Å². The number of carbonyl (C=O) groups is 2. The molecule has 0 spiro atoms. The molecule has 5 nitrogen and oxygen atoms in total. The van der Waals surface area contributed by atoms with Crippen LogP contribution in [-0.4, -0.2) is 24.1 Å². The lowest BCUT2D eigenvalue weighted by Crippen LogP contribution is -2.15. The molecule has 0 aliphatic heterocycles. The number of carboxylic acids is 1. The van der Waals surface area contributed by atoms with Crippen molar-refractivity contribution in [2.24, 2.45) is 0 Å². The summed E-state index contributed by atoms with van der Waals surface area (Å²) in [4.78, 5) is 23.0. The maximum Gasteiger partial charge on any atom is 0.338 e. The van der Waals surface area contributed by atoms with E-state index in [-0.39, 0.29) is 17.9 Å². The van der Waals surface area contributed by atoms with Crippen LogP contribution in [0.2, 0.25) is 0 Å². The van der Waals surface area contributed by atoms with Crippen molar-refractivity contribution < 1.29 is 19.4 Å². The van der Waals surface area contributed by atoms with Crippen molar-refractivity contribution in [3.8, 4) is 5.75 Å². The first-order valence-corrected chi connectivity index (χ1v) is 7.13. The molecule has 0 bridgehead atoms. The van der Waals surface area contributed by atoms with E-state index in [1.807, 2.05) is 19.1 Å². The predicted molar refractivity (Wildman–Crippen MR) is 81.3 cm³/mol. The average molecular weight is 305 g/mol. The molecule has 1 heterocycles. The van der Waals surface area contributed by atoms with Crippen molar-refractivity contribution in [2.45, 2.75) is 13.3 Å². The van der Waals surface area contributed by atoms with E-state index in [2.05, 4.69) is 5.32 Å². The van der Waals surface area contributed by atoms with Gasteiger partial charge < -0.3 is 15.2 Å². The van der Waals surface area contributed by atoms with E-state index in [0.29, 0.717) is 5.00 Å². The summed E-state index contributed by atoms with van der Waals surface area (Å²) in [7, 11) is 1.58. The second kappa shape index (κ2) is 6.41. The number of methoxy groups -OCH3 is 1. The molecule has 110 valence electrons. The number of thiophene rings is 1. The molecule has 2 rings (SSSR count). The number of ether oxygens (including phenoxy) is 1. The van der Waals surface area contributed by atoms with Gasteiger partial charge >= 0.3 is 5.97 Å². The zero-order valence-electron chi connectivity index (χ0n) is 11.7. The Hall–Kier alpha value is -2.34. The number of carboxylic acid groups (broad SMARTS) is 1. The van der Waals surface area contributed by atoms with E-state index in [1.54, 1.807) is 18.6 Å². The van der Waals surface area contributed by atoms with E-state index >= 15 is 0 Å². The third-order valence-corrected chi connectivity index (χ3v) is 3.82. The third-order valence-electron chi connectivity index (χ3n) is 2.99. The molecule has 0 aliphatic carbocycles. The summed E-state index contributed by atoms with van der Waals surface area (Å²) < 4.78 is 5.22. The maximum absolute atomic E-state index is 12.0. The Morgan fingerprint density at radius 2 is 2.10 bits per heavy atom. The molecule has 0 atom stereocenters.